The second-order valence-corrected chi connectivity index (χ2v) is 14.7. The lowest BCUT2D eigenvalue weighted by molar-refractivity contribution is 0.669. The molecular weight excluding hydrogens is 677 g/mol. The number of pyridine rings is 1. The molecule has 0 radical (unpaired) electrons. The van der Waals surface area contributed by atoms with Gasteiger partial charge in [-0.3, -0.25) is 0 Å². The zero-order valence-electron chi connectivity index (χ0n) is 29.0. The molecule has 252 valence electrons. The van der Waals surface area contributed by atoms with E-state index in [1.807, 2.05) is 18.2 Å². The zero-order chi connectivity index (χ0) is 35.6. The van der Waals surface area contributed by atoms with Crippen LogP contribution >= 0.6 is 11.3 Å². The number of thiazole rings is 1. The summed E-state index contributed by atoms with van der Waals surface area (Å²) < 4.78 is 7.77. The Bertz CT molecular complexity index is 3180. The Morgan fingerprint density at radius 1 is 0.370 bits per heavy atom. The molecule has 0 saturated heterocycles. The highest BCUT2D eigenvalue weighted by atomic mass is 32.1. The normalized spacial score (nSPS) is 11.7. The summed E-state index contributed by atoms with van der Waals surface area (Å²) in [5.74, 6) is 0. The molecule has 0 aliphatic carbocycles. The summed E-state index contributed by atoms with van der Waals surface area (Å²) in [6, 6.07) is 64.4. The molecule has 11 rings (SSSR count). The van der Waals surface area contributed by atoms with E-state index in [1.165, 1.54) is 37.9 Å². The smallest absolute Gasteiger partial charge is 0.136 e. The first-order chi connectivity index (χ1) is 26.7. The Morgan fingerprint density at radius 2 is 0.963 bits per heavy atom. The maximum atomic E-state index is 6.58. The summed E-state index contributed by atoms with van der Waals surface area (Å²) >= 11 is 1.74. The van der Waals surface area contributed by atoms with Gasteiger partial charge in [-0.05, 0) is 58.1 Å². The van der Waals surface area contributed by atoms with Gasteiger partial charge >= 0.3 is 0 Å². The number of benzene rings is 8. The summed E-state index contributed by atoms with van der Waals surface area (Å²) in [6.07, 6.45) is 0. The molecule has 0 N–H and O–H groups in total. The molecule has 4 heteroatoms. The van der Waals surface area contributed by atoms with Crippen molar-refractivity contribution in [1.82, 2.24) is 9.97 Å². The number of aromatic nitrogens is 2. The Kier molecular flexibility index (Phi) is 7.04. The van der Waals surface area contributed by atoms with Gasteiger partial charge < -0.3 is 4.42 Å². The number of nitrogens with zero attached hydrogens (tertiary/aromatic N) is 2. The first-order valence-corrected chi connectivity index (χ1v) is 19.0. The van der Waals surface area contributed by atoms with E-state index in [9.17, 15) is 0 Å². The van der Waals surface area contributed by atoms with Crippen molar-refractivity contribution in [2.24, 2.45) is 0 Å². The second kappa shape index (κ2) is 12.4. The molecule has 0 saturated carbocycles. The summed E-state index contributed by atoms with van der Waals surface area (Å²) in [6.45, 7) is 0. The van der Waals surface area contributed by atoms with E-state index in [0.29, 0.717) is 0 Å². The first-order valence-electron chi connectivity index (χ1n) is 18.1. The minimum atomic E-state index is 0.862. The van der Waals surface area contributed by atoms with E-state index in [0.717, 1.165) is 71.1 Å². The molecule has 11 aromatic rings. The maximum Gasteiger partial charge on any atom is 0.136 e. The van der Waals surface area contributed by atoms with Gasteiger partial charge in [-0.15, -0.1) is 11.3 Å². The van der Waals surface area contributed by atoms with Crippen LogP contribution in [-0.2, 0) is 0 Å². The quantitative estimate of drug-likeness (QED) is 0.167. The minimum Gasteiger partial charge on any atom is -0.456 e. The summed E-state index contributed by atoms with van der Waals surface area (Å²) in [7, 11) is 0. The molecule has 0 fully saturated rings. The third kappa shape index (κ3) is 5.03. The van der Waals surface area contributed by atoms with E-state index >= 15 is 0 Å². The Labute approximate surface area is 315 Å². The summed E-state index contributed by atoms with van der Waals surface area (Å²) in [5, 5.41) is 6.67. The third-order valence-corrected chi connectivity index (χ3v) is 11.6. The summed E-state index contributed by atoms with van der Waals surface area (Å²) in [4.78, 5) is 10.1. The van der Waals surface area contributed by atoms with Crippen LogP contribution in [0, 0.1) is 0 Å². The van der Waals surface area contributed by atoms with Gasteiger partial charge in [0, 0.05) is 43.6 Å². The number of furan rings is 1. The van der Waals surface area contributed by atoms with Gasteiger partial charge in [0.25, 0.3) is 0 Å². The number of hydrogen-bond acceptors (Lipinski definition) is 4. The molecule has 0 atom stereocenters. The zero-order valence-corrected chi connectivity index (χ0v) is 29.8. The first kappa shape index (κ1) is 30.7. The number of hydrogen-bond donors (Lipinski definition) is 0. The fraction of sp³-hybridized carbons (Fsp3) is 0. The van der Waals surface area contributed by atoms with Crippen molar-refractivity contribution in [2.75, 3.05) is 0 Å². The lowest BCUT2D eigenvalue weighted by Crippen LogP contribution is -1.93. The van der Waals surface area contributed by atoms with Gasteiger partial charge in [0.2, 0.25) is 0 Å². The fourth-order valence-electron chi connectivity index (χ4n) is 7.91. The van der Waals surface area contributed by atoms with Crippen LogP contribution in [-0.4, -0.2) is 9.97 Å². The van der Waals surface area contributed by atoms with Gasteiger partial charge in [-0.2, -0.15) is 0 Å². The molecule has 3 aromatic heterocycles. The van der Waals surface area contributed by atoms with E-state index in [1.54, 1.807) is 11.3 Å². The average molecular weight is 707 g/mol. The fourth-order valence-corrected chi connectivity index (χ4v) is 8.92. The van der Waals surface area contributed by atoms with Crippen LogP contribution in [0.15, 0.2) is 186 Å². The largest absolute Gasteiger partial charge is 0.456 e. The van der Waals surface area contributed by atoms with Gasteiger partial charge in [0.05, 0.1) is 21.4 Å². The van der Waals surface area contributed by atoms with Gasteiger partial charge in [-0.1, -0.05) is 152 Å². The standard InChI is InChI=1S/C50H30N2OS/c1-3-11-35(12-4-1)49-40-30-44-48(39-16-8-10-18-43(39)53-44)46(47(40)38-15-7-9-17-41(38)51-49)34-25-23-32(24-26-34)31-19-21-33(22-20-31)37-27-28-42-45(29-37)54-50(52-42)36-13-5-2-6-14-36/h1-30H. The maximum absolute atomic E-state index is 6.58. The lowest BCUT2D eigenvalue weighted by atomic mass is 9.89. The van der Waals surface area contributed by atoms with Crippen LogP contribution < -0.4 is 0 Å². The molecule has 0 amide bonds. The number of fused-ring (bicyclic) bond motifs is 7. The summed E-state index contributed by atoms with van der Waals surface area (Å²) in [5.41, 5.74) is 14.0. The van der Waals surface area contributed by atoms with Crippen molar-refractivity contribution in [3.8, 4) is 55.2 Å². The molecule has 3 heterocycles. The van der Waals surface area contributed by atoms with Crippen molar-refractivity contribution >= 4 is 65.2 Å². The van der Waals surface area contributed by atoms with Crippen molar-refractivity contribution in [3.63, 3.8) is 0 Å². The van der Waals surface area contributed by atoms with Crippen LogP contribution in [0.4, 0.5) is 0 Å². The van der Waals surface area contributed by atoms with Gasteiger partial charge in [0.15, 0.2) is 0 Å². The molecule has 0 bridgehead atoms. The Balaban J connectivity index is 1.03. The monoisotopic (exact) mass is 706 g/mol. The highest BCUT2D eigenvalue weighted by Crippen LogP contribution is 2.46. The molecule has 0 unspecified atom stereocenters. The predicted molar refractivity (Wildman–Crippen MR) is 227 cm³/mol. The van der Waals surface area contributed by atoms with Crippen LogP contribution in [0.3, 0.4) is 0 Å². The Morgan fingerprint density at radius 3 is 1.70 bits per heavy atom. The van der Waals surface area contributed by atoms with Gasteiger partial charge in [0.1, 0.15) is 16.2 Å². The molecule has 8 aromatic carbocycles. The number of rotatable bonds is 5. The highest BCUT2D eigenvalue weighted by Gasteiger charge is 2.21. The van der Waals surface area contributed by atoms with Crippen molar-refractivity contribution in [3.05, 3.63) is 182 Å². The second-order valence-electron chi connectivity index (χ2n) is 13.7. The highest BCUT2D eigenvalue weighted by molar-refractivity contribution is 7.21. The molecular formula is C50H30N2OS. The van der Waals surface area contributed by atoms with Crippen molar-refractivity contribution in [1.29, 1.82) is 0 Å². The topological polar surface area (TPSA) is 38.9 Å². The lowest BCUT2D eigenvalue weighted by Gasteiger charge is -2.16. The molecule has 0 aliphatic heterocycles. The van der Waals surface area contributed by atoms with Crippen molar-refractivity contribution in [2.45, 2.75) is 0 Å². The van der Waals surface area contributed by atoms with E-state index in [4.69, 9.17) is 14.4 Å². The Hall–Kier alpha value is -6.88. The van der Waals surface area contributed by atoms with Crippen LogP contribution in [0.5, 0.6) is 0 Å². The van der Waals surface area contributed by atoms with Crippen molar-refractivity contribution < 1.29 is 4.42 Å². The predicted octanol–water partition coefficient (Wildman–Crippen LogP) is 14.2. The minimum absolute atomic E-state index is 0.862. The average Bonchev–Trinajstić information content (AvgIpc) is 3.85. The van der Waals surface area contributed by atoms with Gasteiger partial charge in [-0.25, -0.2) is 9.97 Å². The van der Waals surface area contributed by atoms with E-state index in [2.05, 4.69) is 164 Å². The molecule has 3 nitrogen and oxygen atoms in total. The molecule has 54 heavy (non-hydrogen) atoms. The van der Waals surface area contributed by atoms with E-state index in [-0.39, 0.29) is 0 Å². The van der Waals surface area contributed by atoms with Crippen LogP contribution in [0.1, 0.15) is 0 Å². The molecule has 0 aliphatic rings. The number of para-hydroxylation sites is 2. The van der Waals surface area contributed by atoms with E-state index < -0.39 is 0 Å². The molecule has 0 spiro atoms. The van der Waals surface area contributed by atoms with Crippen LogP contribution in [0.25, 0.3) is 109 Å². The SMILES string of the molecule is c1ccc(-c2nc3ccc(-c4ccc(-c5ccc(-c6c7c(cc8c(-c9ccccc9)nc9ccccc9c68)oc6ccccc67)cc5)cc4)cc3s2)cc1. The third-order valence-electron chi connectivity index (χ3n) is 10.5. The van der Waals surface area contributed by atoms with Crippen LogP contribution in [0.2, 0.25) is 0 Å².